The number of furan rings is 1. The number of anilines is 1. The largest absolute Gasteiger partial charge is 0.456 e. The molecule has 0 aliphatic carbocycles. The number of carbonyl (C=O) groups excluding carboxylic acids is 2. The molecule has 0 aliphatic heterocycles. The highest BCUT2D eigenvalue weighted by molar-refractivity contribution is 6.39. The maximum absolute atomic E-state index is 12.4. The number of carbonyl (C=O) groups is 2. The van der Waals surface area contributed by atoms with Crippen LogP contribution in [-0.4, -0.2) is 28.9 Å². The van der Waals surface area contributed by atoms with Crippen molar-refractivity contribution in [3.8, 4) is 0 Å². The van der Waals surface area contributed by atoms with Gasteiger partial charge in [0.1, 0.15) is 16.9 Å². The average molecular weight is 377 g/mol. The summed E-state index contributed by atoms with van der Waals surface area (Å²) in [6.07, 6.45) is 0. The van der Waals surface area contributed by atoms with Gasteiger partial charge in [-0.25, -0.2) is 0 Å². The Morgan fingerprint density at radius 1 is 1.07 bits per heavy atom. The van der Waals surface area contributed by atoms with E-state index < -0.39 is 11.8 Å². The van der Waals surface area contributed by atoms with Crippen molar-refractivity contribution in [1.29, 1.82) is 0 Å². The van der Waals surface area contributed by atoms with Gasteiger partial charge >= 0.3 is 11.8 Å². The summed E-state index contributed by atoms with van der Waals surface area (Å²) in [5.41, 5.74) is 3.42. The molecule has 4 rings (SSSR count). The third-order valence-electron chi connectivity index (χ3n) is 4.75. The molecule has 0 saturated carbocycles. The van der Waals surface area contributed by atoms with Gasteiger partial charge in [-0.15, -0.1) is 0 Å². The summed E-state index contributed by atoms with van der Waals surface area (Å²) < 4.78 is 10.9. The number of hydrogen-bond donors (Lipinski definition) is 1. The number of rotatable bonds is 3. The Balaban J connectivity index is 1.50. The molecule has 2 heterocycles. The van der Waals surface area contributed by atoms with Crippen molar-refractivity contribution >= 4 is 39.4 Å². The van der Waals surface area contributed by atoms with Crippen molar-refractivity contribution in [2.24, 2.45) is 0 Å². The van der Waals surface area contributed by atoms with Crippen molar-refractivity contribution in [3.63, 3.8) is 0 Å². The normalized spacial score (nSPS) is 11.1. The average Bonchev–Trinajstić information content (AvgIpc) is 3.21. The fourth-order valence-electron chi connectivity index (χ4n) is 3.20. The summed E-state index contributed by atoms with van der Waals surface area (Å²) in [6.45, 7) is 3.82. The monoisotopic (exact) mass is 377 g/mol. The number of aryl methyl sites for hydroxylation is 2. The Bertz CT molecular complexity index is 1190. The third kappa shape index (κ3) is 3.11. The fourth-order valence-corrected chi connectivity index (χ4v) is 3.20. The number of amides is 2. The van der Waals surface area contributed by atoms with Gasteiger partial charge in [-0.1, -0.05) is 23.4 Å². The highest BCUT2D eigenvalue weighted by Gasteiger charge is 2.22. The lowest BCUT2D eigenvalue weighted by atomic mass is 10.1. The van der Waals surface area contributed by atoms with E-state index in [1.165, 1.54) is 4.90 Å². The van der Waals surface area contributed by atoms with Crippen LogP contribution >= 0.6 is 0 Å². The number of likely N-dealkylation sites (N-methyl/N-ethyl adjacent to an activating group) is 1. The van der Waals surface area contributed by atoms with E-state index in [9.17, 15) is 9.59 Å². The quantitative estimate of drug-likeness (QED) is 0.549. The molecule has 7 nitrogen and oxygen atoms in total. The fraction of sp³-hybridized carbons (Fsp3) is 0.190. The van der Waals surface area contributed by atoms with E-state index in [1.807, 2.05) is 30.3 Å². The van der Waals surface area contributed by atoms with Gasteiger partial charge in [0.15, 0.2) is 0 Å². The highest BCUT2D eigenvalue weighted by Crippen LogP contribution is 2.30. The standard InChI is InChI=1S/C21H19N3O4/c1-12-17(13(2)28-23-12)11-24(3)21(26)20(25)22-14-8-9-16-15-6-4-5-7-18(15)27-19(16)10-14/h4-10H,11H2,1-3H3,(H,22,25). The molecule has 0 saturated heterocycles. The van der Waals surface area contributed by atoms with Crippen LogP contribution in [0.1, 0.15) is 17.0 Å². The molecule has 2 aromatic carbocycles. The van der Waals surface area contributed by atoms with Gasteiger partial charge < -0.3 is 19.2 Å². The van der Waals surface area contributed by atoms with Gasteiger partial charge in [-0.3, -0.25) is 9.59 Å². The topological polar surface area (TPSA) is 88.6 Å². The minimum absolute atomic E-state index is 0.246. The maximum atomic E-state index is 12.4. The summed E-state index contributed by atoms with van der Waals surface area (Å²) in [5.74, 6) is -0.734. The lowest BCUT2D eigenvalue weighted by molar-refractivity contribution is -0.142. The van der Waals surface area contributed by atoms with Gasteiger partial charge in [-0.2, -0.15) is 0 Å². The van der Waals surface area contributed by atoms with E-state index in [-0.39, 0.29) is 6.54 Å². The van der Waals surface area contributed by atoms with Crippen molar-refractivity contribution in [1.82, 2.24) is 10.1 Å². The zero-order chi connectivity index (χ0) is 19.8. The number of para-hydroxylation sites is 1. The molecule has 142 valence electrons. The first-order valence-corrected chi connectivity index (χ1v) is 8.83. The minimum atomic E-state index is -0.718. The number of fused-ring (bicyclic) bond motifs is 3. The Kier molecular flexibility index (Phi) is 4.35. The predicted octanol–water partition coefficient (Wildman–Crippen LogP) is 3.79. The smallest absolute Gasteiger partial charge is 0.313 e. The first kappa shape index (κ1) is 17.8. The maximum Gasteiger partial charge on any atom is 0.313 e. The molecule has 0 bridgehead atoms. The lowest BCUT2D eigenvalue weighted by Crippen LogP contribution is -2.36. The van der Waals surface area contributed by atoms with Gasteiger partial charge in [0.05, 0.1) is 12.2 Å². The van der Waals surface area contributed by atoms with Crippen LogP contribution in [0.25, 0.3) is 21.9 Å². The van der Waals surface area contributed by atoms with Crippen LogP contribution in [0.4, 0.5) is 5.69 Å². The second-order valence-electron chi connectivity index (χ2n) is 6.73. The molecule has 0 fully saturated rings. The van der Waals surface area contributed by atoms with Crippen LogP contribution in [0.15, 0.2) is 51.4 Å². The molecule has 0 unspecified atom stereocenters. The summed E-state index contributed by atoms with van der Waals surface area (Å²) in [5, 5.41) is 8.46. The Morgan fingerprint density at radius 3 is 2.57 bits per heavy atom. The predicted molar refractivity (Wildman–Crippen MR) is 105 cm³/mol. The Morgan fingerprint density at radius 2 is 1.82 bits per heavy atom. The van der Waals surface area contributed by atoms with E-state index in [1.54, 1.807) is 33.0 Å². The second-order valence-corrected chi connectivity index (χ2v) is 6.73. The van der Waals surface area contributed by atoms with Crippen LogP contribution < -0.4 is 5.32 Å². The molecule has 7 heteroatoms. The first-order chi connectivity index (χ1) is 13.4. The molecule has 0 atom stereocenters. The summed E-state index contributed by atoms with van der Waals surface area (Å²) in [6, 6.07) is 13.1. The van der Waals surface area contributed by atoms with Crippen LogP contribution in [0.3, 0.4) is 0 Å². The molecule has 0 spiro atoms. The van der Waals surface area contributed by atoms with E-state index in [4.69, 9.17) is 8.94 Å². The van der Waals surface area contributed by atoms with Gasteiger partial charge in [0.25, 0.3) is 0 Å². The molecule has 4 aromatic rings. The minimum Gasteiger partial charge on any atom is -0.456 e. The number of nitrogens with zero attached hydrogens (tertiary/aromatic N) is 2. The van der Waals surface area contributed by atoms with Crippen LogP contribution in [0.2, 0.25) is 0 Å². The number of benzene rings is 2. The molecule has 0 radical (unpaired) electrons. The number of nitrogens with one attached hydrogen (secondary N) is 1. The lowest BCUT2D eigenvalue weighted by Gasteiger charge is -2.16. The van der Waals surface area contributed by atoms with Gasteiger partial charge in [-0.05, 0) is 32.0 Å². The van der Waals surface area contributed by atoms with E-state index in [0.29, 0.717) is 22.7 Å². The number of hydrogen-bond acceptors (Lipinski definition) is 5. The van der Waals surface area contributed by atoms with E-state index in [0.717, 1.165) is 21.9 Å². The zero-order valence-corrected chi connectivity index (χ0v) is 15.8. The highest BCUT2D eigenvalue weighted by atomic mass is 16.5. The zero-order valence-electron chi connectivity index (χ0n) is 15.8. The van der Waals surface area contributed by atoms with Crippen molar-refractivity contribution in [3.05, 3.63) is 59.5 Å². The molecule has 2 amide bonds. The SMILES string of the molecule is Cc1noc(C)c1CN(C)C(=O)C(=O)Nc1ccc2c(c1)oc1ccccc12. The van der Waals surface area contributed by atoms with Crippen molar-refractivity contribution in [2.75, 3.05) is 12.4 Å². The Hall–Kier alpha value is -3.61. The molecule has 1 N–H and O–H groups in total. The Labute approximate surface area is 160 Å². The van der Waals surface area contributed by atoms with Crippen LogP contribution in [-0.2, 0) is 16.1 Å². The van der Waals surface area contributed by atoms with Gasteiger partial charge in [0, 0.05) is 35.1 Å². The molecule has 0 aliphatic rings. The first-order valence-electron chi connectivity index (χ1n) is 8.83. The summed E-state index contributed by atoms with van der Waals surface area (Å²) >= 11 is 0. The molecule has 2 aromatic heterocycles. The summed E-state index contributed by atoms with van der Waals surface area (Å²) in [7, 11) is 1.57. The third-order valence-corrected chi connectivity index (χ3v) is 4.75. The molecular weight excluding hydrogens is 358 g/mol. The van der Waals surface area contributed by atoms with Crippen LogP contribution in [0.5, 0.6) is 0 Å². The molecular formula is C21H19N3O4. The van der Waals surface area contributed by atoms with Gasteiger partial charge in [0.2, 0.25) is 0 Å². The van der Waals surface area contributed by atoms with E-state index >= 15 is 0 Å². The van der Waals surface area contributed by atoms with E-state index in [2.05, 4.69) is 10.5 Å². The summed E-state index contributed by atoms with van der Waals surface area (Å²) in [4.78, 5) is 26.2. The number of aromatic nitrogens is 1. The van der Waals surface area contributed by atoms with Crippen molar-refractivity contribution in [2.45, 2.75) is 20.4 Å². The van der Waals surface area contributed by atoms with Crippen LogP contribution in [0, 0.1) is 13.8 Å². The van der Waals surface area contributed by atoms with Crippen molar-refractivity contribution < 1.29 is 18.5 Å². The molecule has 28 heavy (non-hydrogen) atoms. The second kappa shape index (κ2) is 6.84.